The van der Waals surface area contributed by atoms with Gasteiger partial charge in [0.2, 0.25) is 5.82 Å². The van der Waals surface area contributed by atoms with Crippen LogP contribution in [0.3, 0.4) is 0 Å². The Balaban J connectivity index is 1.72. The quantitative estimate of drug-likeness (QED) is 0.933. The molecule has 1 aromatic heterocycles. The van der Waals surface area contributed by atoms with Crippen LogP contribution in [0.2, 0.25) is 5.02 Å². The highest BCUT2D eigenvalue weighted by Crippen LogP contribution is 2.14. The number of nitrogens with one attached hydrogen (secondary N) is 1. The number of carbonyl (C=O) groups is 1. The fraction of sp³-hybridized carbons (Fsp3) is 0.438. The zero-order chi connectivity index (χ0) is 16.4. The van der Waals surface area contributed by atoms with Crippen molar-refractivity contribution in [1.82, 2.24) is 25.0 Å². The number of benzene rings is 1. The number of amides is 1. The van der Waals surface area contributed by atoms with Crippen LogP contribution < -0.4 is 5.32 Å². The first-order chi connectivity index (χ1) is 11.0. The zero-order valence-corrected chi connectivity index (χ0v) is 14.0. The lowest BCUT2D eigenvalue weighted by Crippen LogP contribution is -2.43. The number of halogens is 1. The second-order valence-corrected chi connectivity index (χ2v) is 6.36. The number of aryl methyl sites for hydroxylation is 1. The van der Waals surface area contributed by atoms with Gasteiger partial charge in [-0.3, -0.25) is 4.79 Å². The van der Waals surface area contributed by atoms with Crippen molar-refractivity contribution in [2.24, 2.45) is 0 Å². The van der Waals surface area contributed by atoms with Crippen molar-refractivity contribution in [1.29, 1.82) is 0 Å². The molecule has 1 aliphatic rings. The number of hydrogen-bond donors (Lipinski definition) is 1. The molecule has 0 saturated carbocycles. The van der Waals surface area contributed by atoms with E-state index in [1.165, 1.54) is 0 Å². The van der Waals surface area contributed by atoms with Gasteiger partial charge in [-0.1, -0.05) is 11.6 Å². The number of likely N-dealkylation sites (tertiary alicyclic amines) is 1. The van der Waals surface area contributed by atoms with Crippen molar-refractivity contribution >= 4 is 17.5 Å². The lowest BCUT2D eigenvalue weighted by molar-refractivity contribution is 0.0906. The minimum Gasteiger partial charge on any atom is -0.346 e. The lowest BCUT2D eigenvalue weighted by atomic mass is 10.1. The summed E-state index contributed by atoms with van der Waals surface area (Å²) in [5, 5.41) is 8.02. The van der Waals surface area contributed by atoms with Crippen LogP contribution in [0, 0.1) is 6.92 Å². The molecule has 0 unspecified atom stereocenters. The van der Waals surface area contributed by atoms with Crippen molar-refractivity contribution in [3.63, 3.8) is 0 Å². The smallest absolute Gasteiger partial charge is 0.291 e. The first-order valence-electron chi connectivity index (χ1n) is 7.72. The Bertz CT molecular complexity index is 689. The van der Waals surface area contributed by atoms with E-state index in [1.807, 2.05) is 19.1 Å². The number of piperidine rings is 1. The second kappa shape index (κ2) is 6.68. The summed E-state index contributed by atoms with van der Waals surface area (Å²) in [5.41, 5.74) is 0.831. The monoisotopic (exact) mass is 333 g/mol. The fourth-order valence-corrected chi connectivity index (χ4v) is 2.84. The molecule has 1 saturated heterocycles. The van der Waals surface area contributed by atoms with Crippen LogP contribution in [0.15, 0.2) is 24.3 Å². The third kappa shape index (κ3) is 3.71. The lowest BCUT2D eigenvalue weighted by Gasteiger charge is -2.29. The van der Waals surface area contributed by atoms with E-state index in [4.69, 9.17) is 11.6 Å². The van der Waals surface area contributed by atoms with Gasteiger partial charge < -0.3 is 10.2 Å². The molecular formula is C16H20ClN5O. The summed E-state index contributed by atoms with van der Waals surface area (Å²) in [6.07, 6.45) is 1.91. The average molecular weight is 334 g/mol. The first-order valence-corrected chi connectivity index (χ1v) is 8.10. The van der Waals surface area contributed by atoms with Crippen LogP contribution >= 0.6 is 11.6 Å². The molecule has 1 aromatic carbocycles. The third-order valence-corrected chi connectivity index (χ3v) is 4.35. The summed E-state index contributed by atoms with van der Waals surface area (Å²) >= 11 is 5.90. The van der Waals surface area contributed by atoms with Crippen LogP contribution in [0.25, 0.3) is 5.69 Å². The Morgan fingerprint density at radius 3 is 2.57 bits per heavy atom. The number of rotatable bonds is 3. The Labute approximate surface area is 140 Å². The average Bonchev–Trinajstić information content (AvgIpc) is 2.92. The molecule has 122 valence electrons. The van der Waals surface area contributed by atoms with E-state index in [9.17, 15) is 4.79 Å². The second-order valence-electron chi connectivity index (χ2n) is 5.92. The molecule has 0 spiro atoms. The van der Waals surface area contributed by atoms with Crippen LogP contribution in [0.4, 0.5) is 0 Å². The van der Waals surface area contributed by atoms with Gasteiger partial charge in [0.25, 0.3) is 5.91 Å². The molecule has 0 radical (unpaired) electrons. The highest BCUT2D eigenvalue weighted by Gasteiger charge is 2.22. The number of aromatic nitrogens is 3. The number of nitrogens with zero attached hydrogens (tertiary/aromatic N) is 4. The third-order valence-electron chi connectivity index (χ3n) is 4.10. The van der Waals surface area contributed by atoms with E-state index in [2.05, 4.69) is 27.3 Å². The normalized spacial score (nSPS) is 16.5. The molecule has 23 heavy (non-hydrogen) atoms. The Morgan fingerprint density at radius 1 is 1.26 bits per heavy atom. The highest BCUT2D eigenvalue weighted by atomic mass is 35.5. The minimum atomic E-state index is -0.213. The maximum atomic E-state index is 12.4. The van der Waals surface area contributed by atoms with Crippen molar-refractivity contribution < 1.29 is 4.79 Å². The molecule has 0 bridgehead atoms. The van der Waals surface area contributed by atoms with Gasteiger partial charge in [0, 0.05) is 11.1 Å². The number of carbonyl (C=O) groups excluding carboxylic acids is 1. The maximum Gasteiger partial charge on any atom is 0.291 e. The predicted octanol–water partition coefficient (Wildman–Crippen LogP) is 2.05. The van der Waals surface area contributed by atoms with E-state index in [-0.39, 0.29) is 17.8 Å². The zero-order valence-electron chi connectivity index (χ0n) is 13.3. The Morgan fingerprint density at radius 2 is 1.91 bits per heavy atom. The molecule has 1 fully saturated rings. The molecule has 6 nitrogen and oxygen atoms in total. The standard InChI is InChI=1S/C16H20ClN5O/c1-11-18-15(16(23)19-13-7-9-21(2)10-8-13)20-22(11)14-5-3-12(17)4-6-14/h3-6,13H,7-10H2,1-2H3,(H,19,23). The summed E-state index contributed by atoms with van der Waals surface area (Å²) in [7, 11) is 2.09. The molecule has 1 N–H and O–H groups in total. The molecule has 3 rings (SSSR count). The van der Waals surface area contributed by atoms with Crippen LogP contribution in [-0.4, -0.2) is 51.8 Å². The SMILES string of the molecule is Cc1nc(C(=O)NC2CCN(C)CC2)nn1-c1ccc(Cl)cc1. The largest absolute Gasteiger partial charge is 0.346 e. The highest BCUT2D eigenvalue weighted by molar-refractivity contribution is 6.30. The van der Waals surface area contributed by atoms with Crippen molar-refractivity contribution in [3.8, 4) is 5.69 Å². The molecule has 2 aromatic rings. The van der Waals surface area contributed by atoms with Gasteiger partial charge in [0.15, 0.2) is 0 Å². The fourth-order valence-electron chi connectivity index (χ4n) is 2.72. The molecule has 0 aliphatic carbocycles. The molecular weight excluding hydrogens is 314 g/mol. The van der Waals surface area contributed by atoms with Gasteiger partial charge in [-0.05, 0) is 64.2 Å². The van der Waals surface area contributed by atoms with E-state index < -0.39 is 0 Å². The first kappa shape index (κ1) is 16.0. The predicted molar refractivity (Wildman–Crippen MR) is 89.1 cm³/mol. The van der Waals surface area contributed by atoms with Crippen LogP contribution in [0.5, 0.6) is 0 Å². The number of hydrogen-bond acceptors (Lipinski definition) is 4. The van der Waals surface area contributed by atoms with E-state index in [0.717, 1.165) is 31.6 Å². The Hall–Kier alpha value is -1.92. The van der Waals surface area contributed by atoms with Gasteiger partial charge in [-0.15, -0.1) is 5.10 Å². The van der Waals surface area contributed by atoms with Crippen molar-refractivity contribution in [2.45, 2.75) is 25.8 Å². The van der Waals surface area contributed by atoms with Gasteiger partial charge in [0.05, 0.1) is 5.69 Å². The van der Waals surface area contributed by atoms with Crippen molar-refractivity contribution in [2.75, 3.05) is 20.1 Å². The Kier molecular flexibility index (Phi) is 4.63. The maximum absolute atomic E-state index is 12.4. The van der Waals surface area contributed by atoms with E-state index >= 15 is 0 Å². The van der Waals surface area contributed by atoms with Gasteiger partial charge in [-0.2, -0.15) is 0 Å². The summed E-state index contributed by atoms with van der Waals surface area (Å²) in [6, 6.07) is 7.47. The molecule has 1 aliphatic heterocycles. The summed E-state index contributed by atoms with van der Waals surface area (Å²) in [4.78, 5) is 18.9. The minimum absolute atomic E-state index is 0.196. The topological polar surface area (TPSA) is 63.1 Å². The van der Waals surface area contributed by atoms with Gasteiger partial charge in [0.1, 0.15) is 5.82 Å². The summed E-state index contributed by atoms with van der Waals surface area (Å²) < 4.78 is 1.65. The van der Waals surface area contributed by atoms with Gasteiger partial charge >= 0.3 is 0 Å². The molecule has 2 heterocycles. The summed E-state index contributed by atoms with van der Waals surface area (Å²) in [6.45, 7) is 3.82. The summed E-state index contributed by atoms with van der Waals surface area (Å²) in [5.74, 6) is 0.660. The molecule has 7 heteroatoms. The van der Waals surface area contributed by atoms with Crippen LogP contribution in [-0.2, 0) is 0 Å². The van der Waals surface area contributed by atoms with Gasteiger partial charge in [-0.25, -0.2) is 9.67 Å². The van der Waals surface area contributed by atoms with Crippen LogP contribution in [0.1, 0.15) is 29.3 Å². The van der Waals surface area contributed by atoms with E-state index in [0.29, 0.717) is 10.8 Å². The van der Waals surface area contributed by atoms with E-state index in [1.54, 1.807) is 16.8 Å². The molecule has 1 amide bonds. The van der Waals surface area contributed by atoms with Crippen molar-refractivity contribution in [3.05, 3.63) is 40.9 Å². The molecule has 0 atom stereocenters.